The molecule has 0 bridgehead atoms. The Kier molecular flexibility index (Phi) is 5.97. The predicted molar refractivity (Wildman–Crippen MR) is 83.8 cm³/mol. The van der Waals surface area contributed by atoms with Crippen LogP contribution in [0.4, 0.5) is 10.7 Å². The molecule has 0 radical (unpaired) electrons. The van der Waals surface area contributed by atoms with Crippen LogP contribution in [0.3, 0.4) is 0 Å². The summed E-state index contributed by atoms with van der Waals surface area (Å²) in [5.74, 6) is -0.402. The molecular formula is C13H22N4O2S. The molecule has 7 heteroatoms. The van der Waals surface area contributed by atoms with Gasteiger partial charge in [-0.1, -0.05) is 0 Å². The molecule has 0 aromatic carbocycles. The second-order valence-electron chi connectivity index (χ2n) is 4.77. The number of carbonyl (C=O) groups is 2. The van der Waals surface area contributed by atoms with Crippen LogP contribution < -0.4 is 16.4 Å². The molecule has 112 valence electrons. The minimum Gasteiger partial charge on any atom is -0.397 e. The topological polar surface area (TPSA) is 87.5 Å². The number of nitrogens with one attached hydrogen (secondary N) is 2. The Labute approximate surface area is 123 Å². The molecule has 1 aromatic rings. The second-order valence-corrected chi connectivity index (χ2v) is 5.79. The molecule has 1 heterocycles. The van der Waals surface area contributed by atoms with E-state index in [4.69, 9.17) is 5.73 Å². The van der Waals surface area contributed by atoms with Gasteiger partial charge in [-0.15, -0.1) is 11.3 Å². The number of nitrogens with zero attached hydrogens (tertiary/aromatic N) is 1. The Balaban J connectivity index is 2.90. The molecule has 0 atom stereocenters. The summed E-state index contributed by atoms with van der Waals surface area (Å²) < 4.78 is 0. The van der Waals surface area contributed by atoms with Crippen LogP contribution in [0.5, 0.6) is 0 Å². The van der Waals surface area contributed by atoms with Crippen molar-refractivity contribution >= 4 is 33.7 Å². The van der Waals surface area contributed by atoms with Gasteiger partial charge in [0.15, 0.2) is 5.78 Å². The molecule has 1 aromatic heterocycles. The van der Waals surface area contributed by atoms with Gasteiger partial charge in [0.2, 0.25) is 0 Å². The summed E-state index contributed by atoms with van der Waals surface area (Å²) in [6, 6.07) is 0. The number of hydrogen-bond acceptors (Lipinski definition) is 6. The van der Waals surface area contributed by atoms with E-state index in [1.54, 1.807) is 7.05 Å². The molecule has 0 aliphatic rings. The molecule has 0 aliphatic heterocycles. The molecule has 0 aliphatic carbocycles. The summed E-state index contributed by atoms with van der Waals surface area (Å²) in [4.78, 5) is 25.9. The first-order chi connectivity index (χ1) is 9.38. The second kappa shape index (κ2) is 7.25. The van der Waals surface area contributed by atoms with Gasteiger partial charge < -0.3 is 21.3 Å². The third kappa shape index (κ3) is 3.94. The lowest BCUT2D eigenvalue weighted by Crippen LogP contribution is -2.21. The van der Waals surface area contributed by atoms with Gasteiger partial charge in [-0.2, -0.15) is 0 Å². The van der Waals surface area contributed by atoms with E-state index in [-0.39, 0.29) is 17.4 Å². The van der Waals surface area contributed by atoms with Crippen molar-refractivity contribution in [1.29, 1.82) is 0 Å². The molecule has 0 unspecified atom stereocenters. The van der Waals surface area contributed by atoms with Crippen LogP contribution in [0.2, 0.25) is 0 Å². The monoisotopic (exact) mass is 298 g/mol. The van der Waals surface area contributed by atoms with E-state index < -0.39 is 0 Å². The van der Waals surface area contributed by atoms with Gasteiger partial charge in [0, 0.05) is 20.5 Å². The largest absolute Gasteiger partial charge is 0.397 e. The van der Waals surface area contributed by atoms with Crippen LogP contribution in [0.1, 0.15) is 33.4 Å². The standard InChI is InChI=1S/C13H22N4O2S/c1-8(18)11-10(14)9(12(19)15-2)13(20-11)16-6-5-7-17(3)4/h16H,5-7,14H2,1-4H3,(H,15,19). The highest BCUT2D eigenvalue weighted by Gasteiger charge is 2.23. The van der Waals surface area contributed by atoms with Crippen molar-refractivity contribution in [3.05, 3.63) is 10.4 Å². The van der Waals surface area contributed by atoms with Crippen molar-refractivity contribution in [2.45, 2.75) is 13.3 Å². The molecule has 1 amide bonds. The summed E-state index contributed by atoms with van der Waals surface area (Å²) in [7, 11) is 5.56. The van der Waals surface area contributed by atoms with Crippen molar-refractivity contribution in [2.75, 3.05) is 45.3 Å². The van der Waals surface area contributed by atoms with Gasteiger partial charge in [0.05, 0.1) is 16.1 Å². The van der Waals surface area contributed by atoms with Gasteiger partial charge in [-0.25, -0.2) is 0 Å². The number of nitrogens with two attached hydrogens (primary N) is 1. The van der Waals surface area contributed by atoms with Crippen LogP contribution in [-0.4, -0.2) is 50.8 Å². The fraction of sp³-hybridized carbons (Fsp3) is 0.538. The van der Waals surface area contributed by atoms with E-state index in [2.05, 4.69) is 15.5 Å². The van der Waals surface area contributed by atoms with Crippen LogP contribution >= 0.6 is 11.3 Å². The van der Waals surface area contributed by atoms with Crippen LogP contribution in [0, 0.1) is 0 Å². The summed E-state index contributed by atoms with van der Waals surface area (Å²) in [5, 5.41) is 6.41. The fourth-order valence-corrected chi connectivity index (χ4v) is 2.82. The molecule has 1 rings (SSSR count). The summed E-state index contributed by atoms with van der Waals surface area (Å²) in [6.07, 6.45) is 0.938. The lowest BCUT2D eigenvalue weighted by Gasteiger charge is -2.10. The maximum Gasteiger partial charge on any atom is 0.256 e. The Morgan fingerprint density at radius 2 is 2.00 bits per heavy atom. The van der Waals surface area contributed by atoms with Crippen molar-refractivity contribution in [3.8, 4) is 0 Å². The Bertz CT molecular complexity index is 497. The first kappa shape index (κ1) is 16.5. The summed E-state index contributed by atoms with van der Waals surface area (Å²) in [6.45, 7) is 3.12. The number of rotatable bonds is 7. The van der Waals surface area contributed by atoms with Crippen molar-refractivity contribution in [3.63, 3.8) is 0 Å². The van der Waals surface area contributed by atoms with Crippen molar-refractivity contribution in [1.82, 2.24) is 10.2 Å². The Hall–Kier alpha value is -1.60. The molecule has 0 spiro atoms. The Morgan fingerprint density at radius 3 is 2.50 bits per heavy atom. The zero-order valence-electron chi connectivity index (χ0n) is 12.4. The quantitative estimate of drug-likeness (QED) is 0.521. The number of ketones is 1. The maximum atomic E-state index is 11.9. The van der Waals surface area contributed by atoms with E-state index in [1.165, 1.54) is 18.3 Å². The number of nitrogen functional groups attached to an aromatic ring is 1. The van der Waals surface area contributed by atoms with Gasteiger partial charge in [0.25, 0.3) is 5.91 Å². The zero-order chi connectivity index (χ0) is 15.3. The zero-order valence-corrected chi connectivity index (χ0v) is 13.2. The van der Waals surface area contributed by atoms with Gasteiger partial charge >= 0.3 is 0 Å². The predicted octanol–water partition coefficient (Wildman–Crippen LogP) is 1.26. The molecule has 0 saturated heterocycles. The van der Waals surface area contributed by atoms with Crippen molar-refractivity contribution in [2.24, 2.45) is 0 Å². The van der Waals surface area contributed by atoms with E-state index >= 15 is 0 Å². The fourth-order valence-electron chi connectivity index (χ4n) is 1.78. The average Bonchev–Trinajstić information content (AvgIpc) is 2.71. The highest BCUT2D eigenvalue weighted by molar-refractivity contribution is 7.19. The number of thiophene rings is 1. The number of anilines is 2. The molecule has 6 nitrogen and oxygen atoms in total. The lowest BCUT2D eigenvalue weighted by atomic mass is 10.2. The minimum atomic E-state index is -0.277. The maximum absolute atomic E-state index is 11.9. The highest BCUT2D eigenvalue weighted by atomic mass is 32.1. The third-order valence-electron chi connectivity index (χ3n) is 2.79. The number of carbonyl (C=O) groups excluding carboxylic acids is 2. The normalized spacial score (nSPS) is 10.7. The Morgan fingerprint density at radius 1 is 1.35 bits per heavy atom. The van der Waals surface area contributed by atoms with Crippen LogP contribution in [-0.2, 0) is 0 Å². The molecule has 20 heavy (non-hydrogen) atoms. The number of amides is 1. The van der Waals surface area contributed by atoms with E-state index in [1.807, 2.05) is 14.1 Å². The third-order valence-corrected chi connectivity index (χ3v) is 4.05. The number of Topliss-reactive ketones (excluding diaryl/α,β-unsaturated/α-hetero) is 1. The lowest BCUT2D eigenvalue weighted by molar-refractivity contribution is 0.0965. The number of hydrogen-bond donors (Lipinski definition) is 3. The van der Waals surface area contributed by atoms with Gasteiger partial charge in [0.1, 0.15) is 5.00 Å². The highest BCUT2D eigenvalue weighted by Crippen LogP contribution is 2.35. The van der Waals surface area contributed by atoms with E-state index in [0.717, 1.165) is 19.5 Å². The smallest absolute Gasteiger partial charge is 0.256 e. The van der Waals surface area contributed by atoms with Crippen molar-refractivity contribution < 1.29 is 9.59 Å². The summed E-state index contributed by atoms with van der Waals surface area (Å²) >= 11 is 1.24. The first-order valence-corrected chi connectivity index (χ1v) is 7.24. The van der Waals surface area contributed by atoms with Crippen LogP contribution in [0.25, 0.3) is 0 Å². The first-order valence-electron chi connectivity index (χ1n) is 6.42. The van der Waals surface area contributed by atoms with Gasteiger partial charge in [-0.3, -0.25) is 9.59 Å². The average molecular weight is 298 g/mol. The molecule has 4 N–H and O–H groups in total. The molecule has 0 fully saturated rings. The van der Waals surface area contributed by atoms with E-state index in [9.17, 15) is 9.59 Å². The minimum absolute atomic E-state index is 0.126. The molecule has 0 saturated carbocycles. The SMILES string of the molecule is CNC(=O)c1c(NCCCN(C)C)sc(C(C)=O)c1N. The summed E-state index contributed by atoms with van der Waals surface area (Å²) in [5.41, 5.74) is 6.54. The van der Waals surface area contributed by atoms with E-state index in [0.29, 0.717) is 15.4 Å². The molecular weight excluding hydrogens is 276 g/mol. The van der Waals surface area contributed by atoms with Gasteiger partial charge in [-0.05, 0) is 27.1 Å². The van der Waals surface area contributed by atoms with Crippen LogP contribution in [0.15, 0.2) is 0 Å².